The maximum atomic E-state index is 13.7. The largest absolute Gasteiger partial charge is 0.481 e. The molecule has 0 heterocycles. The molecular formula is C38H64N8O16. The molecule has 0 rings (SSSR count). The fourth-order valence-electron chi connectivity index (χ4n) is 5.62. The standard InChI is InChI=1S/C38H64N8O16/c1-9-19(8)30(46-32(55)21(11-13-25(50)51)40-31(54)20(39)10-12-24(48)49)37(60)41-22(14-26(52)53)33(56)43-28(17(4)5)36(59)44-27(16(2)3)35(58)42-23(15-47)34(57)45-29(18(6)7)38(61)62/h16-23,27-30,47H,9-15,39H2,1-8H3,(H,40,54)(H,41,60)(H,42,58)(H,43,56)(H,44,59)(H,45,57)(H,46,55)(H,48,49)(H,50,51)(H,52,53)(H,61,62)/t19-,20-,21-,22-,23-,27-,28-,29-,30-/m0/s1. The van der Waals surface area contributed by atoms with Gasteiger partial charge in [-0.15, -0.1) is 0 Å². The van der Waals surface area contributed by atoms with Gasteiger partial charge in [0, 0.05) is 12.8 Å². The Morgan fingerprint density at radius 3 is 1.26 bits per heavy atom. The number of hydrogen-bond donors (Lipinski definition) is 13. The highest BCUT2D eigenvalue weighted by molar-refractivity contribution is 5.98. The molecule has 0 aliphatic carbocycles. The lowest BCUT2D eigenvalue weighted by Gasteiger charge is -2.30. The average molecular weight is 889 g/mol. The van der Waals surface area contributed by atoms with E-state index in [9.17, 15) is 73.2 Å². The van der Waals surface area contributed by atoms with E-state index in [1.165, 1.54) is 48.5 Å². The summed E-state index contributed by atoms with van der Waals surface area (Å²) in [5.74, 6) is -15.3. The van der Waals surface area contributed by atoms with Gasteiger partial charge in [0.25, 0.3) is 0 Å². The summed E-state index contributed by atoms with van der Waals surface area (Å²) in [4.78, 5) is 139. The second kappa shape index (κ2) is 27.1. The first-order chi connectivity index (χ1) is 28.7. The van der Waals surface area contributed by atoms with Gasteiger partial charge in [0.2, 0.25) is 41.4 Å². The summed E-state index contributed by atoms with van der Waals surface area (Å²) in [6, 6.07) is -12.1. The third-order valence-electron chi connectivity index (χ3n) is 9.63. The van der Waals surface area contributed by atoms with E-state index in [-0.39, 0.29) is 12.8 Å². The van der Waals surface area contributed by atoms with Crippen molar-refractivity contribution in [3.63, 3.8) is 0 Å². The summed E-state index contributed by atoms with van der Waals surface area (Å²) in [7, 11) is 0. The number of carbonyl (C=O) groups is 11. The summed E-state index contributed by atoms with van der Waals surface area (Å²) in [6.07, 6.45) is -2.68. The molecule has 0 unspecified atom stereocenters. The Morgan fingerprint density at radius 2 is 0.823 bits per heavy atom. The molecule has 0 aromatic heterocycles. The van der Waals surface area contributed by atoms with Gasteiger partial charge in [-0.1, -0.05) is 61.8 Å². The Balaban J connectivity index is 6.33. The smallest absolute Gasteiger partial charge is 0.326 e. The molecule has 9 atom stereocenters. The monoisotopic (exact) mass is 888 g/mol. The first-order valence-corrected chi connectivity index (χ1v) is 20.1. The van der Waals surface area contributed by atoms with Crippen molar-refractivity contribution < 1.29 is 78.3 Å². The second-order valence-corrected chi connectivity index (χ2v) is 15.8. The van der Waals surface area contributed by atoms with Crippen molar-refractivity contribution in [2.75, 3.05) is 6.61 Å². The van der Waals surface area contributed by atoms with Gasteiger partial charge in [0.1, 0.15) is 42.3 Å². The van der Waals surface area contributed by atoms with E-state index < -0.39 is 170 Å². The molecule has 0 saturated heterocycles. The highest BCUT2D eigenvalue weighted by Gasteiger charge is 2.37. The van der Waals surface area contributed by atoms with Gasteiger partial charge in [-0.3, -0.25) is 47.9 Å². The number of aliphatic carboxylic acids is 4. The van der Waals surface area contributed by atoms with Crippen LogP contribution in [0.2, 0.25) is 0 Å². The second-order valence-electron chi connectivity index (χ2n) is 15.8. The first-order valence-electron chi connectivity index (χ1n) is 20.1. The first kappa shape index (κ1) is 56.1. The summed E-state index contributed by atoms with van der Waals surface area (Å²) in [5.41, 5.74) is 5.74. The molecule has 0 saturated carbocycles. The lowest BCUT2D eigenvalue weighted by Crippen LogP contribution is -2.62. The number of carbonyl (C=O) groups excluding carboxylic acids is 7. The molecule has 0 fully saturated rings. The zero-order valence-electron chi connectivity index (χ0n) is 36.2. The molecule has 0 spiro atoms. The van der Waals surface area contributed by atoms with Crippen LogP contribution in [0.15, 0.2) is 0 Å². The van der Waals surface area contributed by atoms with Gasteiger partial charge in [-0.2, -0.15) is 0 Å². The Morgan fingerprint density at radius 1 is 0.452 bits per heavy atom. The third kappa shape index (κ3) is 19.6. The molecule has 7 amide bonds. The number of nitrogens with two attached hydrogens (primary N) is 1. The molecule has 0 radical (unpaired) electrons. The maximum absolute atomic E-state index is 13.7. The average Bonchev–Trinajstić information content (AvgIpc) is 3.17. The van der Waals surface area contributed by atoms with E-state index >= 15 is 0 Å². The van der Waals surface area contributed by atoms with Gasteiger partial charge >= 0.3 is 23.9 Å². The Labute approximate surface area is 358 Å². The summed E-state index contributed by atoms with van der Waals surface area (Å²) >= 11 is 0. The van der Waals surface area contributed by atoms with E-state index in [2.05, 4.69) is 37.2 Å². The molecule has 62 heavy (non-hydrogen) atoms. The van der Waals surface area contributed by atoms with Crippen LogP contribution < -0.4 is 43.0 Å². The molecular weight excluding hydrogens is 824 g/mol. The van der Waals surface area contributed by atoms with Crippen LogP contribution in [0.5, 0.6) is 0 Å². The van der Waals surface area contributed by atoms with Crippen molar-refractivity contribution >= 4 is 65.2 Å². The molecule has 352 valence electrons. The maximum Gasteiger partial charge on any atom is 0.326 e. The van der Waals surface area contributed by atoms with Crippen molar-refractivity contribution in [2.24, 2.45) is 29.4 Å². The van der Waals surface area contributed by atoms with E-state index in [0.29, 0.717) is 0 Å². The number of rotatable bonds is 29. The number of carboxylic acids is 4. The van der Waals surface area contributed by atoms with Crippen LogP contribution >= 0.6 is 0 Å². The van der Waals surface area contributed by atoms with Gasteiger partial charge in [0.05, 0.1) is 19.1 Å². The Hall–Kier alpha value is -5.91. The van der Waals surface area contributed by atoms with Crippen LogP contribution in [0.3, 0.4) is 0 Å². The normalized spacial score (nSPS) is 15.6. The quantitative estimate of drug-likeness (QED) is 0.0356. The molecule has 0 bridgehead atoms. The highest BCUT2D eigenvalue weighted by atomic mass is 16.4. The summed E-state index contributed by atoms with van der Waals surface area (Å²) < 4.78 is 0. The molecule has 0 aromatic rings. The molecule has 24 heteroatoms. The van der Waals surface area contributed by atoms with Crippen LogP contribution in [0.1, 0.15) is 93.9 Å². The van der Waals surface area contributed by atoms with Crippen LogP contribution in [-0.4, -0.2) is 146 Å². The Bertz CT molecular complexity index is 1620. The highest BCUT2D eigenvalue weighted by Crippen LogP contribution is 2.13. The molecule has 24 nitrogen and oxygen atoms in total. The van der Waals surface area contributed by atoms with E-state index in [1.807, 2.05) is 0 Å². The van der Waals surface area contributed by atoms with E-state index in [4.69, 9.17) is 10.8 Å². The number of hydrogen-bond acceptors (Lipinski definition) is 13. The van der Waals surface area contributed by atoms with E-state index in [0.717, 1.165) is 0 Å². The molecule has 14 N–H and O–H groups in total. The zero-order chi connectivity index (χ0) is 48.2. The predicted octanol–water partition coefficient (Wildman–Crippen LogP) is -3.00. The zero-order valence-corrected chi connectivity index (χ0v) is 36.2. The Kier molecular flexibility index (Phi) is 24.5. The number of amides is 7. The molecule has 0 aliphatic heterocycles. The lowest BCUT2D eigenvalue weighted by molar-refractivity contribution is -0.144. The summed E-state index contributed by atoms with van der Waals surface area (Å²) in [5, 5.41) is 63.3. The minimum absolute atomic E-state index is 0.227. The fraction of sp³-hybridized carbons (Fsp3) is 0.711. The van der Waals surface area contributed by atoms with Crippen molar-refractivity contribution in [1.29, 1.82) is 0 Å². The lowest BCUT2D eigenvalue weighted by atomic mass is 9.96. The summed E-state index contributed by atoms with van der Waals surface area (Å²) in [6.45, 7) is 11.4. The van der Waals surface area contributed by atoms with Crippen LogP contribution in [0, 0.1) is 23.7 Å². The van der Waals surface area contributed by atoms with Crippen LogP contribution in [-0.2, 0) is 52.7 Å². The fourth-order valence-corrected chi connectivity index (χ4v) is 5.62. The van der Waals surface area contributed by atoms with E-state index in [1.54, 1.807) is 6.92 Å². The van der Waals surface area contributed by atoms with Gasteiger partial charge in [-0.25, -0.2) is 4.79 Å². The predicted molar refractivity (Wildman–Crippen MR) is 216 cm³/mol. The van der Waals surface area contributed by atoms with Crippen LogP contribution in [0.25, 0.3) is 0 Å². The van der Waals surface area contributed by atoms with Crippen molar-refractivity contribution in [3.05, 3.63) is 0 Å². The molecule has 0 aliphatic rings. The van der Waals surface area contributed by atoms with Crippen molar-refractivity contribution in [2.45, 2.75) is 142 Å². The van der Waals surface area contributed by atoms with Gasteiger partial charge in [-0.05, 0) is 36.5 Å². The van der Waals surface area contributed by atoms with Crippen molar-refractivity contribution in [3.8, 4) is 0 Å². The van der Waals surface area contributed by atoms with Crippen LogP contribution in [0.4, 0.5) is 0 Å². The number of aliphatic hydroxyl groups excluding tert-OH is 1. The number of nitrogens with one attached hydrogen (secondary N) is 7. The third-order valence-corrected chi connectivity index (χ3v) is 9.63. The minimum atomic E-state index is -1.86. The SMILES string of the molecule is CC[C@H](C)[C@H](NC(=O)[C@H](CCC(=O)O)NC(=O)[C@@H](N)CCC(=O)O)C(=O)N[C@@H](CC(=O)O)C(=O)N[C@H](C(=O)N[C@H](C(=O)N[C@@H](CO)C(=O)N[C@H](C(=O)O)C(C)C)C(C)C)C(C)C. The molecule has 0 aromatic carbocycles. The van der Waals surface area contributed by atoms with Gasteiger partial charge in [0.15, 0.2) is 0 Å². The topological polar surface area (TPSA) is 399 Å². The number of aliphatic hydroxyl groups is 1. The van der Waals surface area contributed by atoms with Gasteiger partial charge < -0.3 is 68.5 Å². The number of carboxylic acid groups (broad SMARTS) is 4. The van der Waals surface area contributed by atoms with Crippen molar-refractivity contribution in [1.82, 2.24) is 37.2 Å². The minimum Gasteiger partial charge on any atom is -0.481 e.